The van der Waals surface area contributed by atoms with Crippen molar-refractivity contribution in [2.75, 3.05) is 5.32 Å². The van der Waals surface area contributed by atoms with Crippen LogP contribution in [0.15, 0.2) is 36.5 Å². The van der Waals surface area contributed by atoms with Crippen molar-refractivity contribution >= 4 is 17.7 Å². The minimum atomic E-state index is -0.987. The van der Waals surface area contributed by atoms with E-state index in [2.05, 4.69) is 31.2 Å². The molecule has 6 heteroatoms. The summed E-state index contributed by atoms with van der Waals surface area (Å²) in [5.74, 6) is -0.939. The molecule has 1 heterocycles. The Hall–Kier alpha value is -2.63. The number of nitrogens with zero attached hydrogens (tertiary/aromatic N) is 2. The Labute approximate surface area is 128 Å². The van der Waals surface area contributed by atoms with Crippen LogP contribution in [0.3, 0.4) is 0 Å². The lowest BCUT2D eigenvalue weighted by Gasteiger charge is -2.18. The summed E-state index contributed by atoms with van der Waals surface area (Å²) in [5, 5.41) is 15.3. The smallest absolute Gasteiger partial charge is 0.325 e. The first-order valence-electron chi connectivity index (χ1n) is 6.93. The van der Waals surface area contributed by atoms with Crippen LogP contribution in [0, 0.1) is 0 Å². The van der Waals surface area contributed by atoms with Gasteiger partial charge >= 0.3 is 5.97 Å². The van der Waals surface area contributed by atoms with Crippen molar-refractivity contribution in [3.63, 3.8) is 0 Å². The third kappa shape index (κ3) is 3.94. The number of hydrogen-bond acceptors (Lipinski definition) is 3. The number of benzene rings is 1. The Kier molecular flexibility index (Phi) is 4.30. The number of carboxylic acids is 1. The third-order valence-electron chi connectivity index (χ3n) is 3.19. The normalized spacial score (nSPS) is 11.2. The second kappa shape index (κ2) is 6.01. The van der Waals surface area contributed by atoms with E-state index < -0.39 is 5.97 Å². The average molecular weight is 301 g/mol. The van der Waals surface area contributed by atoms with Crippen LogP contribution in [0.1, 0.15) is 36.7 Å². The molecule has 0 atom stereocenters. The standard InChI is InChI=1S/C16H19N3O3/c1-16(2,3)12-6-4-11(5-7-12)15(22)17-13-8-9-19(18-13)10-14(20)21/h4-9H,10H2,1-3H3,(H,20,21)(H,17,18,22). The summed E-state index contributed by atoms with van der Waals surface area (Å²) < 4.78 is 1.25. The molecule has 0 unspecified atom stereocenters. The molecule has 2 N–H and O–H groups in total. The topological polar surface area (TPSA) is 84.2 Å². The number of nitrogens with one attached hydrogen (secondary N) is 1. The number of carbonyl (C=O) groups is 2. The molecule has 116 valence electrons. The van der Waals surface area contributed by atoms with Crippen LogP contribution >= 0.6 is 0 Å². The highest BCUT2D eigenvalue weighted by atomic mass is 16.4. The van der Waals surface area contributed by atoms with Gasteiger partial charge in [-0.1, -0.05) is 32.9 Å². The maximum atomic E-state index is 12.1. The molecule has 2 aromatic rings. The van der Waals surface area contributed by atoms with Gasteiger partial charge in [0.05, 0.1) is 0 Å². The summed E-state index contributed by atoms with van der Waals surface area (Å²) in [6.45, 7) is 6.08. The fourth-order valence-corrected chi connectivity index (χ4v) is 1.97. The highest BCUT2D eigenvalue weighted by Gasteiger charge is 2.14. The van der Waals surface area contributed by atoms with Gasteiger partial charge in [-0.05, 0) is 23.1 Å². The molecular weight excluding hydrogens is 282 g/mol. The number of rotatable bonds is 4. The quantitative estimate of drug-likeness (QED) is 0.908. The fraction of sp³-hybridized carbons (Fsp3) is 0.312. The van der Waals surface area contributed by atoms with Gasteiger partial charge in [0.1, 0.15) is 6.54 Å². The first kappa shape index (κ1) is 15.8. The van der Waals surface area contributed by atoms with Gasteiger partial charge in [0.2, 0.25) is 0 Å². The number of carbonyl (C=O) groups excluding carboxylic acids is 1. The van der Waals surface area contributed by atoms with Crippen molar-refractivity contribution in [2.24, 2.45) is 0 Å². The lowest BCUT2D eigenvalue weighted by Crippen LogP contribution is -2.15. The molecule has 1 aromatic carbocycles. The summed E-state index contributed by atoms with van der Waals surface area (Å²) in [5.41, 5.74) is 1.71. The molecular formula is C16H19N3O3. The molecule has 6 nitrogen and oxygen atoms in total. The van der Waals surface area contributed by atoms with Gasteiger partial charge in [0.15, 0.2) is 5.82 Å². The minimum Gasteiger partial charge on any atom is -0.480 e. The Morgan fingerprint density at radius 3 is 2.36 bits per heavy atom. The van der Waals surface area contributed by atoms with Gasteiger partial charge in [-0.3, -0.25) is 14.3 Å². The number of hydrogen-bond donors (Lipinski definition) is 2. The van der Waals surface area contributed by atoms with E-state index in [0.717, 1.165) is 5.56 Å². The molecule has 0 fully saturated rings. The van der Waals surface area contributed by atoms with Gasteiger partial charge in [0.25, 0.3) is 5.91 Å². The summed E-state index contributed by atoms with van der Waals surface area (Å²) in [7, 11) is 0. The molecule has 0 aliphatic heterocycles. The number of aliphatic carboxylic acids is 1. The summed E-state index contributed by atoms with van der Waals surface area (Å²) in [6, 6.07) is 8.95. The Morgan fingerprint density at radius 2 is 1.82 bits per heavy atom. The maximum absolute atomic E-state index is 12.1. The number of carboxylic acid groups (broad SMARTS) is 1. The van der Waals surface area contributed by atoms with Gasteiger partial charge < -0.3 is 10.4 Å². The van der Waals surface area contributed by atoms with Crippen LogP contribution in [-0.4, -0.2) is 26.8 Å². The highest BCUT2D eigenvalue weighted by Crippen LogP contribution is 2.22. The average Bonchev–Trinajstić information content (AvgIpc) is 2.84. The molecule has 0 spiro atoms. The van der Waals surface area contributed by atoms with Gasteiger partial charge in [-0.15, -0.1) is 0 Å². The second-order valence-electron chi connectivity index (χ2n) is 6.07. The second-order valence-corrected chi connectivity index (χ2v) is 6.07. The van der Waals surface area contributed by atoms with E-state index in [1.54, 1.807) is 18.2 Å². The number of anilines is 1. The zero-order chi connectivity index (χ0) is 16.3. The van der Waals surface area contributed by atoms with Crippen LogP contribution in [-0.2, 0) is 16.8 Å². The van der Waals surface area contributed by atoms with Gasteiger partial charge in [0, 0.05) is 17.8 Å². The van der Waals surface area contributed by atoms with E-state index in [1.807, 2.05) is 12.1 Å². The van der Waals surface area contributed by atoms with E-state index in [4.69, 9.17) is 5.11 Å². The third-order valence-corrected chi connectivity index (χ3v) is 3.19. The van der Waals surface area contributed by atoms with Crippen LogP contribution in [0.2, 0.25) is 0 Å². The van der Waals surface area contributed by atoms with Crippen molar-refractivity contribution in [1.82, 2.24) is 9.78 Å². The molecule has 0 saturated heterocycles. The molecule has 0 saturated carbocycles. The zero-order valence-electron chi connectivity index (χ0n) is 12.8. The molecule has 0 aliphatic rings. The maximum Gasteiger partial charge on any atom is 0.325 e. The van der Waals surface area contributed by atoms with Gasteiger partial charge in [-0.2, -0.15) is 5.10 Å². The predicted octanol–water partition coefficient (Wildman–Crippen LogP) is 2.52. The van der Waals surface area contributed by atoms with Crippen LogP contribution in [0.25, 0.3) is 0 Å². The minimum absolute atomic E-state index is 0.0324. The summed E-state index contributed by atoms with van der Waals surface area (Å²) in [6.07, 6.45) is 1.51. The van der Waals surface area contributed by atoms with Crippen molar-refractivity contribution < 1.29 is 14.7 Å². The van der Waals surface area contributed by atoms with E-state index in [1.165, 1.54) is 10.9 Å². The van der Waals surface area contributed by atoms with Crippen LogP contribution in [0.5, 0.6) is 0 Å². The van der Waals surface area contributed by atoms with E-state index in [9.17, 15) is 9.59 Å². The number of aromatic nitrogens is 2. The monoisotopic (exact) mass is 301 g/mol. The van der Waals surface area contributed by atoms with Crippen molar-refractivity contribution in [3.05, 3.63) is 47.7 Å². The van der Waals surface area contributed by atoms with E-state index in [0.29, 0.717) is 11.4 Å². The van der Waals surface area contributed by atoms with Crippen molar-refractivity contribution in [3.8, 4) is 0 Å². The highest BCUT2D eigenvalue weighted by molar-refractivity contribution is 6.03. The predicted molar refractivity (Wildman–Crippen MR) is 83.0 cm³/mol. The van der Waals surface area contributed by atoms with E-state index in [-0.39, 0.29) is 17.9 Å². The van der Waals surface area contributed by atoms with Crippen LogP contribution < -0.4 is 5.32 Å². The molecule has 0 radical (unpaired) electrons. The largest absolute Gasteiger partial charge is 0.480 e. The molecule has 0 aliphatic carbocycles. The number of amides is 1. The molecule has 2 rings (SSSR count). The fourth-order valence-electron chi connectivity index (χ4n) is 1.97. The zero-order valence-corrected chi connectivity index (χ0v) is 12.8. The summed E-state index contributed by atoms with van der Waals surface area (Å²) in [4.78, 5) is 22.7. The molecule has 22 heavy (non-hydrogen) atoms. The SMILES string of the molecule is CC(C)(C)c1ccc(C(=O)Nc2ccn(CC(=O)O)n2)cc1. The van der Waals surface area contributed by atoms with Crippen molar-refractivity contribution in [1.29, 1.82) is 0 Å². The molecule has 0 bridgehead atoms. The first-order chi connectivity index (χ1) is 10.3. The Morgan fingerprint density at radius 1 is 1.18 bits per heavy atom. The lowest BCUT2D eigenvalue weighted by atomic mass is 9.87. The molecule has 1 amide bonds. The van der Waals surface area contributed by atoms with E-state index >= 15 is 0 Å². The Bertz CT molecular complexity index is 681. The lowest BCUT2D eigenvalue weighted by molar-refractivity contribution is -0.137. The van der Waals surface area contributed by atoms with Gasteiger partial charge in [-0.25, -0.2) is 0 Å². The van der Waals surface area contributed by atoms with Crippen LogP contribution in [0.4, 0.5) is 5.82 Å². The Balaban J connectivity index is 2.06. The summed E-state index contributed by atoms with van der Waals surface area (Å²) >= 11 is 0. The van der Waals surface area contributed by atoms with Crippen molar-refractivity contribution in [2.45, 2.75) is 32.7 Å². The first-order valence-corrected chi connectivity index (χ1v) is 6.93. The molecule has 1 aromatic heterocycles.